The van der Waals surface area contributed by atoms with Gasteiger partial charge in [0.25, 0.3) is 11.8 Å². The van der Waals surface area contributed by atoms with Crippen LogP contribution in [0.4, 0.5) is 0 Å². The maximum absolute atomic E-state index is 12.3. The Balaban J connectivity index is 1.59. The maximum Gasteiger partial charge on any atom is 0.321 e. The fourth-order valence-corrected chi connectivity index (χ4v) is 2.89. The molecule has 2 aromatic rings. The van der Waals surface area contributed by atoms with Gasteiger partial charge in [-0.3, -0.25) is 19.3 Å². The number of fused-ring (bicyclic) bond motifs is 1. The van der Waals surface area contributed by atoms with E-state index in [4.69, 9.17) is 0 Å². The number of aliphatic carboxylic acids is 1. The number of hydrogen-bond donors (Lipinski definition) is 2. The molecule has 0 unspecified atom stereocenters. The summed E-state index contributed by atoms with van der Waals surface area (Å²) in [6.45, 7) is 0.347. The van der Waals surface area contributed by atoms with Gasteiger partial charge >= 0.3 is 5.97 Å². The molecule has 1 heterocycles. The minimum absolute atomic E-state index is 0.130. The van der Waals surface area contributed by atoms with Crippen LogP contribution in [0.15, 0.2) is 54.6 Å². The zero-order valence-corrected chi connectivity index (χ0v) is 13.5. The Bertz CT molecular complexity index is 769. The average Bonchev–Trinajstić information content (AvgIpc) is 2.87. The summed E-state index contributed by atoms with van der Waals surface area (Å²) in [5, 5.41) is 12.3. The molecule has 1 aliphatic rings. The molecule has 2 aromatic carbocycles. The van der Waals surface area contributed by atoms with Crippen LogP contribution in [0.1, 0.15) is 26.3 Å². The molecule has 0 aliphatic carbocycles. The summed E-state index contributed by atoms with van der Waals surface area (Å²) in [6, 6.07) is 15.2. The summed E-state index contributed by atoms with van der Waals surface area (Å²) < 4.78 is 0. The van der Waals surface area contributed by atoms with Crippen LogP contribution in [0.25, 0.3) is 0 Å². The molecule has 6 heteroatoms. The van der Waals surface area contributed by atoms with Gasteiger partial charge in [-0.25, -0.2) is 0 Å². The highest BCUT2D eigenvalue weighted by atomic mass is 16.4. The van der Waals surface area contributed by atoms with Gasteiger partial charge in [-0.15, -0.1) is 0 Å². The third-order valence-corrected chi connectivity index (χ3v) is 4.19. The molecule has 25 heavy (non-hydrogen) atoms. The molecule has 0 saturated heterocycles. The number of amides is 2. The van der Waals surface area contributed by atoms with Crippen molar-refractivity contribution in [3.8, 4) is 0 Å². The van der Waals surface area contributed by atoms with Gasteiger partial charge in [0.1, 0.15) is 6.04 Å². The SMILES string of the molecule is O=C(O)[C@H](Cc1ccccc1)NCCN1C(=O)c2ccccc2C1=O. The highest BCUT2D eigenvalue weighted by Crippen LogP contribution is 2.21. The third kappa shape index (κ3) is 3.59. The molecule has 0 bridgehead atoms. The lowest BCUT2D eigenvalue weighted by Crippen LogP contribution is -2.43. The van der Waals surface area contributed by atoms with Crippen molar-refractivity contribution in [3.63, 3.8) is 0 Å². The molecular formula is C19H18N2O4. The van der Waals surface area contributed by atoms with Gasteiger partial charge < -0.3 is 10.4 Å². The second kappa shape index (κ2) is 7.27. The van der Waals surface area contributed by atoms with E-state index in [0.29, 0.717) is 17.5 Å². The molecule has 2 amide bonds. The zero-order valence-electron chi connectivity index (χ0n) is 13.5. The van der Waals surface area contributed by atoms with Crippen molar-refractivity contribution in [2.75, 3.05) is 13.1 Å². The Labute approximate surface area is 145 Å². The Morgan fingerprint density at radius 2 is 1.52 bits per heavy atom. The van der Waals surface area contributed by atoms with Crippen molar-refractivity contribution < 1.29 is 19.5 Å². The number of carbonyl (C=O) groups is 3. The molecule has 0 aromatic heterocycles. The largest absolute Gasteiger partial charge is 0.480 e. The van der Waals surface area contributed by atoms with E-state index < -0.39 is 12.0 Å². The third-order valence-electron chi connectivity index (χ3n) is 4.19. The second-order valence-corrected chi connectivity index (χ2v) is 5.84. The van der Waals surface area contributed by atoms with Gasteiger partial charge in [0.2, 0.25) is 0 Å². The van der Waals surface area contributed by atoms with Crippen molar-refractivity contribution >= 4 is 17.8 Å². The standard InChI is InChI=1S/C19H18N2O4/c22-17-14-8-4-5-9-15(14)18(23)21(17)11-10-20-16(19(24)25)12-13-6-2-1-3-7-13/h1-9,16,20H,10-12H2,(H,24,25)/t16-/m0/s1. The van der Waals surface area contributed by atoms with Crippen LogP contribution >= 0.6 is 0 Å². The van der Waals surface area contributed by atoms with Crippen molar-refractivity contribution in [1.82, 2.24) is 10.2 Å². The normalized spacial score (nSPS) is 14.5. The van der Waals surface area contributed by atoms with Gasteiger partial charge in [0.15, 0.2) is 0 Å². The van der Waals surface area contributed by atoms with Gasteiger partial charge in [-0.05, 0) is 24.1 Å². The van der Waals surface area contributed by atoms with E-state index in [1.807, 2.05) is 30.3 Å². The summed E-state index contributed by atoms with van der Waals surface area (Å²) in [5.41, 5.74) is 1.70. The predicted octanol–water partition coefficient (Wildman–Crippen LogP) is 1.57. The Kier molecular flexibility index (Phi) is 4.90. The van der Waals surface area contributed by atoms with Crippen LogP contribution in [-0.4, -0.2) is 46.9 Å². The van der Waals surface area contributed by atoms with Crippen LogP contribution in [0.5, 0.6) is 0 Å². The zero-order chi connectivity index (χ0) is 17.8. The van der Waals surface area contributed by atoms with Crippen molar-refractivity contribution in [2.45, 2.75) is 12.5 Å². The summed E-state index contributed by atoms with van der Waals surface area (Å²) in [5.74, 6) is -1.64. The first-order chi connectivity index (χ1) is 12.1. The molecule has 2 N–H and O–H groups in total. The molecule has 6 nitrogen and oxygen atoms in total. The number of benzene rings is 2. The number of nitrogens with zero attached hydrogens (tertiary/aromatic N) is 1. The van der Waals surface area contributed by atoms with E-state index in [0.717, 1.165) is 10.5 Å². The van der Waals surface area contributed by atoms with Crippen LogP contribution in [0.2, 0.25) is 0 Å². The highest BCUT2D eigenvalue weighted by molar-refractivity contribution is 6.21. The van der Waals surface area contributed by atoms with Gasteiger partial charge in [0, 0.05) is 13.1 Å². The molecule has 3 rings (SSSR count). The van der Waals surface area contributed by atoms with E-state index in [2.05, 4.69) is 5.32 Å². The lowest BCUT2D eigenvalue weighted by atomic mass is 10.1. The predicted molar refractivity (Wildman–Crippen MR) is 91.4 cm³/mol. The number of carboxylic acid groups (broad SMARTS) is 1. The molecule has 1 atom stereocenters. The Morgan fingerprint density at radius 1 is 0.960 bits per heavy atom. The van der Waals surface area contributed by atoms with Crippen LogP contribution in [-0.2, 0) is 11.2 Å². The number of imide groups is 1. The molecule has 0 fully saturated rings. The van der Waals surface area contributed by atoms with Crippen LogP contribution in [0.3, 0.4) is 0 Å². The number of carbonyl (C=O) groups excluding carboxylic acids is 2. The van der Waals surface area contributed by atoms with E-state index in [1.54, 1.807) is 24.3 Å². The fourth-order valence-electron chi connectivity index (χ4n) is 2.89. The first-order valence-electron chi connectivity index (χ1n) is 8.03. The number of rotatable bonds is 7. The number of nitrogens with one attached hydrogen (secondary N) is 1. The van der Waals surface area contributed by atoms with Crippen LogP contribution in [0, 0.1) is 0 Å². The summed E-state index contributed by atoms with van der Waals surface area (Å²) in [7, 11) is 0. The van der Waals surface area contributed by atoms with Crippen molar-refractivity contribution in [1.29, 1.82) is 0 Å². The summed E-state index contributed by atoms with van der Waals surface area (Å²) in [4.78, 5) is 37.1. The van der Waals surface area contributed by atoms with E-state index in [9.17, 15) is 19.5 Å². The maximum atomic E-state index is 12.3. The summed E-state index contributed by atoms with van der Waals surface area (Å²) in [6.07, 6.45) is 0.332. The minimum Gasteiger partial charge on any atom is -0.480 e. The first-order valence-corrected chi connectivity index (χ1v) is 8.03. The number of carboxylic acids is 1. The summed E-state index contributed by atoms with van der Waals surface area (Å²) >= 11 is 0. The first kappa shape index (κ1) is 16.9. The smallest absolute Gasteiger partial charge is 0.321 e. The second-order valence-electron chi connectivity index (χ2n) is 5.84. The quantitative estimate of drug-likeness (QED) is 0.748. The fraction of sp³-hybridized carbons (Fsp3) is 0.211. The average molecular weight is 338 g/mol. The Morgan fingerprint density at radius 3 is 2.08 bits per heavy atom. The lowest BCUT2D eigenvalue weighted by molar-refractivity contribution is -0.139. The van der Waals surface area contributed by atoms with Crippen LogP contribution < -0.4 is 5.32 Å². The van der Waals surface area contributed by atoms with E-state index >= 15 is 0 Å². The topological polar surface area (TPSA) is 86.7 Å². The number of hydrogen-bond acceptors (Lipinski definition) is 4. The molecular weight excluding hydrogens is 320 g/mol. The molecule has 0 spiro atoms. The molecule has 1 aliphatic heterocycles. The van der Waals surface area contributed by atoms with E-state index in [-0.39, 0.29) is 24.9 Å². The monoisotopic (exact) mass is 338 g/mol. The van der Waals surface area contributed by atoms with Gasteiger partial charge in [-0.1, -0.05) is 42.5 Å². The minimum atomic E-state index is -0.966. The molecule has 0 radical (unpaired) electrons. The molecule has 0 saturated carbocycles. The van der Waals surface area contributed by atoms with Crippen molar-refractivity contribution in [2.24, 2.45) is 0 Å². The van der Waals surface area contributed by atoms with Crippen molar-refractivity contribution in [3.05, 3.63) is 71.3 Å². The highest BCUT2D eigenvalue weighted by Gasteiger charge is 2.34. The van der Waals surface area contributed by atoms with Gasteiger partial charge in [0.05, 0.1) is 11.1 Å². The lowest BCUT2D eigenvalue weighted by Gasteiger charge is -2.18. The molecule has 128 valence electrons. The Hall–Kier alpha value is -2.99. The van der Waals surface area contributed by atoms with E-state index in [1.165, 1.54) is 0 Å². The van der Waals surface area contributed by atoms with Gasteiger partial charge in [-0.2, -0.15) is 0 Å².